The van der Waals surface area contributed by atoms with Gasteiger partial charge in [0.1, 0.15) is 11.0 Å². The number of nitrogens with one attached hydrogen (secondary N) is 2. The van der Waals surface area contributed by atoms with E-state index < -0.39 is 10.8 Å². The molecule has 0 radical (unpaired) electrons. The number of fused-ring (bicyclic) bond motifs is 1. The molecule has 0 saturated heterocycles. The van der Waals surface area contributed by atoms with Crippen LogP contribution in [0.5, 0.6) is 0 Å². The van der Waals surface area contributed by atoms with Crippen molar-refractivity contribution >= 4 is 75.2 Å². The molecule has 0 fully saturated rings. The lowest BCUT2D eigenvalue weighted by atomic mass is 10.2. The smallest absolute Gasteiger partial charge is 0.337 e. The van der Waals surface area contributed by atoms with E-state index in [0.29, 0.717) is 5.02 Å². The third kappa shape index (κ3) is 4.33. The molecule has 22 heavy (non-hydrogen) atoms. The van der Waals surface area contributed by atoms with E-state index in [-0.39, 0.29) is 0 Å². The Kier molecular flexibility index (Phi) is 6.01. The maximum Gasteiger partial charge on any atom is 0.337 e. The van der Waals surface area contributed by atoms with Crippen LogP contribution in [0.15, 0.2) is 17.1 Å². The van der Waals surface area contributed by atoms with Gasteiger partial charge in [-0.2, -0.15) is 8.75 Å². The Morgan fingerprint density at radius 2 is 2.14 bits per heavy atom. The summed E-state index contributed by atoms with van der Waals surface area (Å²) in [7, 11) is 0. The van der Waals surface area contributed by atoms with Crippen molar-refractivity contribution in [2.24, 2.45) is 4.99 Å². The van der Waals surface area contributed by atoms with Crippen molar-refractivity contribution in [2.45, 2.75) is 4.84 Å². The largest absolute Gasteiger partial charge is 0.479 e. The molecule has 0 atom stereocenters. The van der Waals surface area contributed by atoms with Crippen LogP contribution >= 0.6 is 46.5 Å². The van der Waals surface area contributed by atoms with Gasteiger partial charge in [-0.25, -0.2) is 4.79 Å². The van der Waals surface area contributed by atoms with Gasteiger partial charge in [0.2, 0.25) is 4.84 Å². The molecule has 7 nitrogen and oxygen atoms in total. The van der Waals surface area contributed by atoms with Gasteiger partial charge in [0.05, 0.1) is 29.0 Å². The highest BCUT2D eigenvalue weighted by molar-refractivity contribution is 7.00. The zero-order valence-corrected chi connectivity index (χ0v) is 14.0. The van der Waals surface area contributed by atoms with E-state index in [1.807, 2.05) is 12.1 Å². The summed E-state index contributed by atoms with van der Waals surface area (Å²) in [4.78, 5) is 12.4. The standard InChI is InChI=1S/C9H8ClN5S.C2H2Cl2O2/c10-5-1-2-6-8(15-16-14-6)7(5)13-9-11-3-4-12-9;3-1(4)2(5)6/h1-2H,3-4H2,(H2,11,12,13);1H,(H,5,6). The minimum atomic E-state index is -1.29. The van der Waals surface area contributed by atoms with Gasteiger partial charge in [0, 0.05) is 6.54 Å². The number of aliphatic carboxylic acids is 1. The quantitative estimate of drug-likeness (QED) is 0.690. The van der Waals surface area contributed by atoms with Crippen molar-refractivity contribution in [3.05, 3.63) is 17.2 Å². The van der Waals surface area contributed by atoms with Crippen LogP contribution in [0, 0.1) is 0 Å². The lowest BCUT2D eigenvalue weighted by molar-refractivity contribution is -0.135. The number of hydrogen-bond acceptors (Lipinski definition) is 7. The fraction of sp³-hybridized carbons (Fsp3) is 0.273. The second-order valence-electron chi connectivity index (χ2n) is 3.98. The Balaban J connectivity index is 0.000000254. The van der Waals surface area contributed by atoms with E-state index in [4.69, 9.17) is 39.9 Å². The number of carboxylic acid groups (broad SMARTS) is 1. The molecule has 0 amide bonds. The second-order valence-corrected chi connectivity index (χ2v) is 6.01. The molecule has 0 spiro atoms. The van der Waals surface area contributed by atoms with Crippen LogP contribution in [0.2, 0.25) is 5.02 Å². The number of hydrogen-bond donors (Lipinski definition) is 3. The first-order chi connectivity index (χ1) is 10.5. The Morgan fingerprint density at radius 3 is 2.73 bits per heavy atom. The van der Waals surface area contributed by atoms with Crippen LogP contribution in [-0.4, -0.2) is 43.7 Å². The second kappa shape index (κ2) is 7.77. The molecule has 1 aromatic carbocycles. The summed E-state index contributed by atoms with van der Waals surface area (Å²) < 4.78 is 8.39. The molecule has 118 valence electrons. The predicted octanol–water partition coefficient (Wildman–Crippen LogP) is 2.59. The molecule has 11 heteroatoms. The van der Waals surface area contributed by atoms with E-state index in [2.05, 4.69) is 24.4 Å². The maximum atomic E-state index is 9.44. The zero-order chi connectivity index (χ0) is 16.1. The average Bonchev–Trinajstić information content (AvgIpc) is 3.13. The SMILES string of the molecule is Clc1ccc2nsnc2c1NC1=NCCN1.O=C(O)C(Cl)Cl. The highest BCUT2D eigenvalue weighted by Gasteiger charge is 2.13. The van der Waals surface area contributed by atoms with Crippen LogP contribution in [0.4, 0.5) is 5.69 Å². The number of alkyl halides is 2. The van der Waals surface area contributed by atoms with Crippen molar-refractivity contribution in [2.75, 3.05) is 18.4 Å². The number of aliphatic imine (C=N–C) groups is 1. The van der Waals surface area contributed by atoms with E-state index >= 15 is 0 Å². The fourth-order valence-corrected chi connectivity index (χ4v) is 2.29. The number of carbonyl (C=O) groups is 1. The first-order valence-electron chi connectivity index (χ1n) is 5.96. The molecule has 2 aromatic rings. The highest BCUT2D eigenvalue weighted by Crippen LogP contribution is 2.29. The summed E-state index contributed by atoms with van der Waals surface area (Å²) in [6.45, 7) is 1.64. The van der Waals surface area contributed by atoms with Crippen molar-refractivity contribution in [1.29, 1.82) is 0 Å². The van der Waals surface area contributed by atoms with E-state index in [1.165, 1.54) is 11.7 Å². The molecule has 1 aliphatic rings. The number of anilines is 1. The van der Waals surface area contributed by atoms with Crippen LogP contribution < -0.4 is 10.6 Å². The van der Waals surface area contributed by atoms with Crippen LogP contribution in [-0.2, 0) is 4.79 Å². The van der Waals surface area contributed by atoms with E-state index in [0.717, 1.165) is 35.8 Å². The lowest BCUT2D eigenvalue weighted by Crippen LogP contribution is -2.26. The number of benzene rings is 1. The van der Waals surface area contributed by atoms with Gasteiger partial charge in [0.25, 0.3) is 0 Å². The minimum Gasteiger partial charge on any atom is -0.479 e. The first kappa shape index (κ1) is 17.0. The number of rotatable bonds is 2. The molecule has 1 aromatic heterocycles. The molecular formula is C11H10Cl3N5O2S. The monoisotopic (exact) mass is 381 g/mol. The molecule has 0 aliphatic carbocycles. The molecule has 0 bridgehead atoms. The molecule has 1 aliphatic heterocycles. The van der Waals surface area contributed by atoms with Gasteiger partial charge in [-0.1, -0.05) is 34.8 Å². The van der Waals surface area contributed by atoms with Gasteiger partial charge in [0.15, 0.2) is 5.96 Å². The topological polar surface area (TPSA) is 99.5 Å². The molecule has 0 unspecified atom stereocenters. The highest BCUT2D eigenvalue weighted by atomic mass is 35.5. The van der Waals surface area contributed by atoms with Gasteiger partial charge >= 0.3 is 5.97 Å². The summed E-state index contributed by atoms with van der Waals surface area (Å²) in [5.74, 6) is -0.472. The third-order valence-corrected chi connectivity index (χ3v) is 3.71. The van der Waals surface area contributed by atoms with Crippen molar-refractivity contribution in [1.82, 2.24) is 14.1 Å². The van der Waals surface area contributed by atoms with E-state index in [1.54, 1.807) is 0 Å². The van der Waals surface area contributed by atoms with Crippen LogP contribution in [0.3, 0.4) is 0 Å². The van der Waals surface area contributed by atoms with Crippen LogP contribution in [0.1, 0.15) is 0 Å². The predicted molar refractivity (Wildman–Crippen MR) is 89.5 cm³/mol. The minimum absolute atomic E-state index is 0.622. The molecule has 3 N–H and O–H groups in total. The number of aromatic nitrogens is 2. The Labute approximate surface area is 144 Å². The Hall–Kier alpha value is -1.35. The molecule has 2 heterocycles. The Bertz CT molecular complexity index is 706. The fourth-order valence-electron chi connectivity index (χ4n) is 1.55. The van der Waals surface area contributed by atoms with Gasteiger partial charge in [-0.15, -0.1) is 0 Å². The van der Waals surface area contributed by atoms with Crippen molar-refractivity contribution < 1.29 is 9.90 Å². The average molecular weight is 383 g/mol. The lowest BCUT2D eigenvalue weighted by Gasteiger charge is -2.08. The van der Waals surface area contributed by atoms with Gasteiger partial charge in [-0.05, 0) is 12.1 Å². The van der Waals surface area contributed by atoms with Crippen LogP contribution in [0.25, 0.3) is 11.0 Å². The summed E-state index contributed by atoms with van der Waals surface area (Å²) >= 11 is 16.9. The number of nitrogens with zero attached hydrogens (tertiary/aromatic N) is 3. The zero-order valence-electron chi connectivity index (χ0n) is 10.9. The first-order valence-corrected chi connectivity index (χ1v) is 7.94. The normalized spacial score (nSPS) is 13.4. The van der Waals surface area contributed by atoms with Gasteiger partial charge in [-0.3, -0.25) is 4.99 Å². The van der Waals surface area contributed by atoms with Crippen molar-refractivity contribution in [3.63, 3.8) is 0 Å². The maximum absolute atomic E-state index is 9.44. The molecular weight excluding hydrogens is 373 g/mol. The van der Waals surface area contributed by atoms with Crippen molar-refractivity contribution in [3.8, 4) is 0 Å². The number of guanidine groups is 1. The summed E-state index contributed by atoms with van der Waals surface area (Å²) in [6.07, 6.45) is 0. The van der Waals surface area contributed by atoms with E-state index in [9.17, 15) is 4.79 Å². The summed E-state index contributed by atoms with van der Waals surface area (Å²) in [5.41, 5.74) is 2.39. The third-order valence-electron chi connectivity index (χ3n) is 2.48. The number of carboxylic acids is 1. The summed E-state index contributed by atoms with van der Waals surface area (Å²) in [6, 6.07) is 3.67. The molecule has 0 saturated carbocycles. The Morgan fingerprint density at radius 1 is 1.41 bits per heavy atom. The molecule has 3 rings (SSSR count). The number of halogens is 3. The summed E-state index contributed by atoms with van der Waals surface area (Å²) in [5, 5.41) is 14.6. The van der Waals surface area contributed by atoms with Gasteiger partial charge < -0.3 is 15.7 Å².